The smallest absolute Gasteiger partial charge is 0.262 e. The zero-order valence-corrected chi connectivity index (χ0v) is 13.7. The van der Waals surface area contributed by atoms with Crippen LogP contribution in [-0.2, 0) is 11.3 Å². The van der Waals surface area contributed by atoms with Gasteiger partial charge in [-0.05, 0) is 49.0 Å². The summed E-state index contributed by atoms with van der Waals surface area (Å²) in [5.41, 5.74) is 0.970. The highest BCUT2D eigenvalue weighted by atomic mass is 32.1. The third kappa shape index (κ3) is 2.88. The van der Waals surface area contributed by atoms with Crippen LogP contribution in [0, 0.1) is 10.2 Å². The van der Waals surface area contributed by atoms with Crippen LogP contribution in [0.25, 0.3) is 10.9 Å². The Bertz CT molecular complexity index is 772. The molecule has 0 spiro atoms. The van der Waals surface area contributed by atoms with Crippen molar-refractivity contribution in [3.63, 3.8) is 0 Å². The van der Waals surface area contributed by atoms with Gasteiger partial charge in [0.15, 0.2) is 4.77 Å². The molecule has 1 aromatic heterocycles. The maximum absolute atomic E-state index is 12.8. The molecule has 0 amide bonds. The molecule has 2 aromatic rings. The van der Waals surface area contributed by atoms with Crippen molar-refractivity contribution in [1.82, 2.24) is 9.55 Å². The fourth-order valence-electron chi connectivity index (χ4n) is 3.61. The standard InChI is InChI=1S/C17H22N2O2S/c1-21-11-10-17(8-4-5-9-17)12-19-15(20)13-6-2-3-7-14(13)18-16(19)22/h2-3,6-7H,4-5,8-12H2,1H3,(H,18,22). The first kappa shape index (κ1) is 15.4. The largest absolute Gasteiger partial charge is 0.385 e. The van der Waals surface area contributed by atoms with Crippen LogP contribution >= 0.6 is 12.2 Å². The van der Waals surface area contributed by atoms with Crippen molar-refractivity contribution in [2.75, 3.05) is 13.7 Å². The predicted octanol–water partition coefficient (Wildman–Crippen LogP) is 3.66. The normalized spacial score (nSPS) is 17.1. The van der Waals surface area contributed by atoms with Crippen LogP contribution in [0.4, 0.5) is 0 Å². The number of hydrogen-bond acceptors (Lipinski definition) is 3. The molecule has 1 saturated carbocycles. The van der Waals surface area contributed by atoms with Crippen LogP contribution in [0.3, 0.4) is 0 Å². The molecule has 1 N–H and O–H groups in total. The van der Waals surface area contributed by atoms with Gasteiger partial charge >= 0.3 is 0 Å². The van der Waals surface area contributed by atoms with Gasteiger partial charge in [0.2, 0.25) is 0 Å². The molecule has 0 bridgehead atoms. The first-order valence-corrected chi connectivity index (χ1v) is 8.27. The summed E-state index contributed by atoms with van der Waals surface area (Å²) in [6.07, 6.45) is 5.72. The van der Waals surface area contributed by atoms with E-state index in [1.54, 1.807) is 11.7 Å². The van der Waals surface area contributed by atoms with Crippen LogP contribution in [-0.4, -0.2) is 23.3 Å². The van der Waals surface area contributed by atoms with Gasteiger partial charge in [0, 0.05) is 20.3 Å². The van der Waals surface area contributed by atoms with Crippen molar-refractivity contribution in [2.24, 2.45) is 5.41 Å². The van der Waals surface area contributed by atoms with Gasteiger partial charge in [0.05, 0.1) is 10.9 Å². The molecule has 3 rings (SSSR count). The quantitative estimate of drug-likeness (QED) is 0.856. The molecule has 22 heavy (non-hydrogen) atoms. The number of ether oxygens (including phenoxy) is 1. The van der Waals surface area contributed by atoms with Crippen molar-refractivity contribution in [1.29, 1.82) is 0 Å². The number of hydrogen-bond donors (Lipinski definition) is 1. The molecule has 0 unspecified atom stereocenters. The van der Waals surface area contributed by atoms with Gasteiger partial charge < -0.3 is 9.72 Å². The fourth-order valence-corrected chi connectivity index (χ4v) is 3.87. The Morgan fingerprint density at radius 2 is 2.05 bits per heavy atom. The predicted molar refractivity (Wildman–Crippen MR) is 90.8 cm³/mol. The maximum Gasteiger partial charge on any atom is 0.262 e. The Balaban J connectivity index is 2.02. The molecule has 1 aromatic carbocycles. The Morgan fingerprint density at radius 1 is 1.32 bits per heavy atom. The molecule has 1 heterocycles. The highest BCUT2D eigenvalue weighted by molar-refractivity contribution is 7.71. The van der Waals surface area contributed by atoms with Gasteiger partial charge in [-0.15, -0.1) is 0 Å². The van der Waals surface area contributed by atoms with E-state index in [4.69, 9.17) is 17.0 Å². The number of aromatic amines is 1. The summed E-state index contributed by atoms with van der Waals surface area (Å²) in [6.45, 7) is 1.42. The molecule has 1 aliphatic rings. The topological polar surface area (TPSA) is 47.0 Å². The molecule has 0 saturated heterocycles. The number of nitrogens with one attached hydrogen (secondary N) is 1. The minimum atomic E-state index is 0.0167. The van der Waals surface area contributed by atoms with Gasteiger partial charge in [-0.3, -0.25) is 9.36 Å². The SMILES string of the molecule is COCCC1(Cn2c(=S)[nH]c3ccccc3c2=O)CCCC1. The molecule has 0 aliphatic heterocycles. The number of aromatic nitrogens is 2. The summed E-state index contributed by atoms with van der Waals surface area (Å²) in [5, 5.41) is 0.705. The molecule has 0 radical (unpaired) electrons. The van der Waals surface area contributed by atoms with E-state index in [1.165, 1.54) is 12.8 Å². The third-order valence-corrected chi connectivity index (χ3v) is 5.21. The molecule has 5 heteroatoms. The Morgan fingerprint density at radius 3 is 2.77 bits per heavy atom. The highest BCUT2D eigenvalue weighted by Gasteiger charge is 2.34. The minimum absolute atomic E-state index is 0.0167. The summed E-state index contributed by atoms with van der Waals surface area (Å²) in [5.74, 6) is 0. The molecular weight excluding hydrogens is 296 g/mol. The van der Waals surface area contributed by atoms with E-state index < -0.39 is 0 Å². The number of rotatable bonds is 5. The van der Waals surface area contributed by atoms with Gasteiger partial charge in [-0.1, -0.05) is 25.0 Å². The van der Waals surface area contributed by atoms with Crippen molar-refractivity contribution in [2.45, 2.75) is 38.6 Å². The second-order valence-electron chi connectivity index (χ2n) is 6.32. The van der Waals surface area contributed by atoms with E-state index in [0.717, 1.165) is 31.4 Å². The third-order valence-electron chi connectivity index (χ3n) is 4.88. The van der Waals surface area contributed by atoms with Crippen molar-refractivity contribution < 1.29 is 4.74 Å². The lowest BCUT2D eigenvalue weighted by Crippen LogP contribution is -2.32. The molecule has 4 nitrogen and oxygen atoms in total. The van der Waals surface area contributed by atoms with Crippen LogP contribution in [0.1, 0.15) is 32.1 Å². The Kier molecular flexibility index (Phi) is 4.45. The fraction of sp³-hybridized carbons (Fsp3) is 0.529. The number of benzene rings is 1. The maximum atomic E-state index is 12.8. The Labute approximate surface area is 135 Å². The lowest BCUT2D eigenvalue weighted by atomic mass is 9.83. The lowest BCUT2D eigenvalue weighted by Gasteiger charge is -2.29. The second-order valence-corrected chi connectivity index (χ2v) is 6.70. The zero-order chi connectivity index (χ0) is 15.6. The van der Waals surface area contributed by atoms with Gasteiger partial charge in [-0.2, -0.15) is 0 Å². The van der Waals surface area contributed by atoms with Crippen molar-refractivity contribution in [3.8, 4) is 0 Å². The molecule has 118 valence electrons. The van der Waals surface area contributed by atoms with Crippen LogP contribution in [0.2, 0.25) is 0 Å². The van der Waals surface area contributed by atoms with Gasteiger partial charge in [0.25, 0.3) is 5.56 Å². The van der Waals surface area contributed by atoms with E-state index in [-0.39, 0.29) is 11.0 Å². The number of H-pyrrole nitrogens is 1. The molecule has 0 atom stereocenters. The van der Waals surface area contributed by atoms with Crippen molar-refractivity contribution in [3.05, 3.63) is 39.4 Å². The Hall–Kier alpha value is -1.46. The van der Waals surface area contributed by atoms with E-state index in [2.05, 4.69) is 4.98 Å². The number of methoxy groups -OCH3 is 1. The van der Waals surface area contributed by atoms with Crippen molar-refractivity contribution >= 4 is 23.1 Å². The highest BCUT2D eigenvalue weighted by Crippen LogP contribution is 2.42. The van der Waals surface area contributed by atoms with E-state index in [1.807, 2.05) is 24.3 Å². The van der Waals surface area contributed by atoms with E-state index in [0.29, 0.717) is 16.7 Å². The summed E-state index contributed by atoms with van der Waals surface area (Å²) in [6, 6.07) is 7.55. The van der Waals surface area contributed by atoms with Gasteiger partial charge in [-0.25, -0.2) is 0 Å². The number of para-hydroxylation sites is 1. The lowest BCUT2D eigenvalue weighted by molar-refractivity contribution is 0.123. The molecule has 1 aliphatic carbocycles. The van der Waals surface area contributed by atoms with Gasteiger partial charge in [0.1, 0.15) is 0 Å². The number of nitrogens with zero attached hydrogens (tertiary/aromatic N) is 1. The second kappa shape index (κ2) is 6.34. The van der Waals surface area contributed by atoms with E-state index >= 15 is 0 Å². The first-order valence-electron chi connectivity index (χ1n) is 7.86. The van der Waals surface area contributed by atoms with Crippen LogP contribution in [0.5, 0.6) is 0 Å². The first-order chi connectivity index (χ1) is 10.7. The van der Waals surface area contributed by atoms with E-state index in [9.17, 15) is 4.79 Å². The summed E-state index contributed by atoms with van der Waals surface area (Å²) < 4.78 is 7.55. The molecule has 1 fully saturated rings. The monoisotopic (exact) mass is 318 g/mol. The summed E-state index contributed by atoms with van der Waals surface area (Å²) in [7, 11) is 1.73. The van der Waals surface area contributed by atoms with Crippen LogP contribution in [0.15, 0.2) is 29.1 Å². The molecular formula is C17H22N2O2S. The summed E-state index contributed by atoms with van der Waals surface area (Å²) in [4.78, 5) is 16.0. The average Bonchev–Trinajstić information content (AvgIpc) is 2.98. The van der Waals surface area contributed by atoms with Crippen LogP contribution < -0.4 is 5.56 Å². The minimum Gasteiger partial charge on any atom is -0.385 e. The summed E-state index contributed by atoms with van der Waals surface area (Å²) >= 11 is 5.44. The zero-order valence-electron chi connectivity index (χ0n) is 12.9. The average molecular weight is 318 g/mol. The number of fused-ring (bicyclic) bond motifs is 1.